The Morgan fingerprint density at radius 1 is 1.00 bits per heavy atom. The minimum absolute atomic E-state index is 0.440. The standard InChI is InChI=1S/C14H22N3Si.2ClH.Zr/c1-15-10-6-7-11(16-2)13-9(10)8-12(17-3)14(13)18(4)5;;;/h6-8,14-17H,1-5H3;2*1H;/q;;;+2/p-2. The summed E-state index contributed by atoms with van der Waals surface area (Å²) in [6.07, 6.45) is 2.30. The molecule has 1 atom stereocenters. The number of benzene rings is 1. The molecule has 1 aromatic carbocycles. The van der Waals surface area contributed by atoms with Crippen LogP contribution < -0.4 is 16.0 Å². The Morgan fingerprint density at radius 3 is 1.95 bits per heavy atom. The molecule has 0 saturated heterocycles. The van der Waals surface area contributed by atoms with Gasteiger partial charge >= 0.3 is 37.9 Å². The average Bonchev–Trinajstić information content (AvgIpc) is 2.86. The summed E-state index contributed by atoms with van der Waals surface area (Å²) in [5.41, 5.74) is 7.15. The van der Waals surface area contributed by atoms with Crippen LogP contribution in [0.3, 0.4) is 0 Å². The number of likely N-dealkylation sites (N-methyl/N-ethyl adjacent to an activating group) is 1. The fraction of sp³-hybridized carbons (Fsp3) is 0.429. The molecule has 3 nitrogen and oxygen atoms in total. The second kappa shape index (κ2) is 9.24. The molecule has 1 aromatic rings. The normalized spacial score (nSPS) is 15.6. The molecule has 115 valence electrons. The predicted octanol–water partition coefficient (Wildman–Crippen LogP) is 4.10. The summed E-state index contributed by atoms with van der Waals surface area (Å²) in [4.78, 5) is 0. The first kappa shape index (κ1) is 19.1. The molecule has 0 heterocycles. The van der Waals surface area contributed by atoms with Crippen LogP contribution >= 0.6 is 17.0 Å². The van der Waals surface area contributed by atoms with Crippen LogP contribution in [0, 0.1) is 0 Å². The Hall–Kier alpha value is 0.0400. The second-order valence-electron chi connectivity index (χ2n) is 4.92. The first-order chi connectivity index (χ1) is 10.0. The number of hydrogen-bond acceptors (Lipinski definition) is 3. The molecule has 1 radical (unpaired) electrons. The Labute approximate surface area is 148 Å². The van der Waals surface area contributed by atoms with E-state index < -0.39 is 29.6 Å². The maximum atomic E-state index is 4.93. The van der Waals surface area contributed by atoms with E-state index in [2.05, 4.69) is 47.3 Å². The van der Waals surface area contributed by atoms with Crippen LogP contribution in [0.4, 0.5) is 11.4 Å². The molecule has 2 rings (SSSR count). The third-order valence-electron chi connectivity index (χ3n) is 3.59. The van der Waals surface area contributed by atoms with Gasteiger partial charge in [0.05, 0.1) is 8.80 Å². The Balaban J connectivity index is 0.000000677. The van der Waals surface area contributed by atoms with Crippen molar-refractivity contribution >= 4 is 43.3 Å². The first-order valence-corrected chi connectivity index (χ1v) is 15.6. The second-order valence-corrected chi connectivity index (χ2v) is 11.4. The van der Waals surface area contributed by atoms with Crippen LogP contribution in [-0.2, 0) is 20.8 Å². The average molecular weight is 423 g/mol. The van der Waals surface area contributed by atoms with Crippen LogP contribution in [0.2, 0.25) is 13.1 Å². The fourth-order valence-electron chi connectivity index (χ4n) is 2.75. The molecular weight excluding hydrogens is 400 g/mol. The number of fused-ring (bicyclic) bond motifs is 1. The molecule has 1 aliphatic carbocycles. The van der Waals surface area contributed by atoms with Crippen molar-refractivity contribution in [3.05, 3.63) is 29.0 Å². The summed E-state index contributed by atoms with van der Waals surface area (Å²) in [5.74, 6) is 0. The summed E-state index contributed by atoms with van der Waals surface area (Å²) in [7, 11) is 15.4. The van der Waals surface area contributed by atoms with E-state index in [0.29, 0.717) is 5.54 Å². The van der Waals surface area contributed by atoms with Gasteiger partial charge in [-0.2, -0.15) is 0 Å². The van der Waals surface area contributed by atoms with Crippen molar-refractivity contribution in [3.63, 3.8) is 0 Å². The molecule has 1 aliphatic rings. The zero-order valence-electron chi connectivity index (χ0n) is 13.1. The number of rotatable bonds is 4. The van der Waals surface area contributed by atoms with Crippen LogP contribution in [-0.4, -0.2) is 29.9 Å². The number of hydrogen-bond donors (Lipinski definition) is 3. The van der Waals surface area contributed by atoms with Crippen molar-refractivity contribution in [1.82, 2.24) is 5.32 Å². The minimum atomic E-state index is -0.826. The van der Waals surface area contributed by atoms with E-state index in [-0.39, 0.29) is 0 Å². The monoisotopic (exact) mass is 420 g/mol. The van der Waals surface area contributed by atoms with Crippen molar-refractivity contribution < 1.29 is 20.8 Å². The molecule has 1 unspecified atom stereocenters. The molecule has 0 aromatic heterocycles. The van der Waals surface area contributed by atoms with E-state index in [4.69, 9.17) is 17.0 Å². The van der Waals surface area contributed by atoms with E-state index >= 15 is 0 Å². The van der Waals surface area contributed by atoms with Crippen LogP contribution in [0.25, 0.3) is 6.08 Å². The van der Waals surface area contributed by atoms with Crippen molar-refractivity contribution in [2.45, 2.75) is 18.6 Å². The molecule has 0 fully saturated rings. The third-order valence-corrected chi connectivity index (χ3v) is 5.35. The Morgan fingerprint density at radius 2 is 1.52 bits per heavy atom. The van der Waals surface area contributed by atoms with Crippen LogP contribution in [0.15, 0.2) is 17.8 Å². The topological polar surface area (TPSA) is 36.1 Å². The van der Waals surface area contributed by atoms with Gasteiger partial charge in [-0.1, -0.05) is 13.1 Å². The molecule has 0 spiro atoms. The van der Waals surface area contributed by atoms with E-state index in [1.807, 2.05) is 21.1 Å². The van der Waals surface area contributed by atoms with Gasteiger partial charge in [0.15, 0.2) is 0 Å². The van der Waals surface area contributed by atoms with Gasteiger partial charge in [0, 0.05) is 49.3 Å². The Bertz CT molecular complexity index is 509. The molecule has 3 N–H and O–H groups in total. The molecular formula is C14H22Cl2N3SiZr. The van der Waals surface area contributed by atoms with E-state index in [0.717, 1.165) is 0 Å². The first-order valence-electron chi connectivity index (χ1n) is 6.73. The third kappa shape index (κ3) is 4.28. The van der Waals surface area contributed by atoms with Gasteiger partial charge < -0.3 is 16.0 Å². The van der Waals surface area contributed by atoms with Crippen molar-refractivity contribution in [2.75, 3.05) is 31.8 Å². The van der Waals surface area contributed by atoms with E-state index in [9.17, 15) is 0 Å². The number of anilines is 2. The maximum absolute atomic E-state index is 4.93. The summed E-state index contributed by atoms with van der Waals surface area (Å²) in [6, 6.07) is 4.32. The van der Waals surface area contributed by atoms with E-state index in [1.165, 1.54) is 28.2 Å². The SMILES string of the molecule is CNC1=Cc2c(NC)ccc(NC)c2C1[Si](C)C.[Cl][Zr][Cl]. The molecule has 0 bridgehead atoms. The molecule has 0 amide bonds. The fourth-order valence-corrected chi connectivity index (χ4v) is 4.49. The van der Waals surface area contributed by atoms with Gasteiger partial charge in [0.1, 0.15) is 0 Å². The van der Waals surface area contributed by atoms with E-state index in [1.54, 1.807) is 0 Å². The van der Waals surface area contributed by atoms with Gasteiger partial charge in [0.25, 0.3) is 0 Å². The van der Waals surface area contributed by atoms with Gasteiger partial charge in [-0.15, -0.1) is 0 Å². The number of halogens is 2. The molecule has 0 aliphatic heterocycles. The molecule has 0 saturated carbocycles. The molecule has 7 heteroatoms. The number of allylic oxidation sites excluding steroid dienone is 1. The van der Waals surface area contributed by atoms with Gasteiger partial charge in [-0.3, -0.25) is 0 Å². The predicted molar refractivity (Wildman–Crippen MR) is 94.5 cm³/mol. The summed E-state index contributed by atoms with van der Waals surface area (Å²) >= 11 is -0.826. The summed E-state index contributed by atoms with van der Waals surface area (Å²) in [6.45, 7) is 4.75. The van der Waals surface area contributed by atoms with Gasteiger partial charge in [-0.05, 0) is 23.8 Å². The summed E-state index contributed by atoms with van der Waals surface area (Å²) < 4.78 is 0. The van der Waals surface area contributed by atoms with Gasteiger partial charge in [0.2, 0.25) is 0 Å². The zero-order valence-corrected chi connectivity index (χ0v) is 18.0. The number of nitrogens with one attached hydrogen (secondary N) is 3. The quantitative estimate of drug-likeness (QED) is 0.640. The Kier molecular flexibility index (Phi) is 8.40. The molecule has 21 heavy (non-hydrogen) atoms. The van der Waals surface area contributed by atoms with Crippen LogP contribution in [0.1, 0.15) is 16.7 Å². The van der Waals surface area contributed by atoms with Crippen LogP contribution in [0.5, 0.6) is 0 Å². The van der Waals surface area contributed by atoms with Crippen molar-refractivity contribution in [1.29, 1.82) is 0 Å². The van der Waals surface area contributed by atoms with Crippen molar-refractivity contribution in [2.24, 2.45) is 0 Å². The van der Waals surface area contributed by atoms with Gasteiger partial charge in [-0.25, -0.2) is 0 Å². The van der Waals surface area contributed by atoms with Crippen molar-refractivity contribution in [3.8, 4) is 0 Å². The zero-order chi connectivity index (χ0) is 16.0. The summed E-state index contributed by atoms with van der Waals surface area (Å²) in [5, 5.41) is 10.0.